The molecule has 1 saturated heterocycles. The number of nitriles is 1. The number of rotatable bonds is 20. The van der Waals surface area contributed by atoms with Crippen LogP contribution >= 0.6 is 8.53 Å². The van der Waals surface area contributed by atoms with Crippen molar-refractivity contribution >= 4 is 37.4 Å². The van der Waals surface area contributed by atoms with Crippen LogP contribution in [-0.2, 0) is 33.7 Å². The van der Waals surface area contributed by atoms with Crippen LogP contribution in [0.15, 0.2) is 122 Å². The Morgan fingerprint density at radius 2 is 1.42 bits per heavy atom. The lowest BCUT2D eigenvalue weighted by Gasteiger charge is -2.39. The van der Waals surface area contributed by atoms with Gasteiger partial charge in [-0.25, -0.2) is 19.6 Å². The van der Waals surface area contributed by atoms with E-state index >= 15 is 0 Å². The molecule has 344 valence electrons. The highest BCUT2D eigenvalue weighted by molar-refractivity contribution is 7.44. The zero-order valence-electron chi connectivity index (χ0n) is 37.9. The lowest BCUT2D eigenvalue weighted by Crippen LogP contribution is -2.43. The molecule has 66 heavy (non-hydrogen) atoms. The Morgan fingerprint density at radius 3 is 1.98 bits per heavy atom. The predicted molar refractivity (Wildman–Crippen MR) is 248 cm³/mol. The molecule has 0 radical (unpaired) electrons. The van der Waals surface area contributed by atoms with E-state index in [1.54, 1.807) is 43.1 Å². The van der Waals surface area contributed by atoms with E-state index in [1.807, 2.05) is 113 Å². The number of ether oxygens (including phenoxy) is 5. The number of amides is 1. The maximum absolute atomic E-state index is 13.3. The van der Waals surface area contributed by atoms with E-state index in [-0.39, 0.29) is 49.0 Å². The molecule has 1 N–H and O–H groups in total. The number of methoxy groups -OCH3 is 2. The summed E-state index contributed by atoms with van der Waals surface area (Å²) in [6, 6.07) is 36.0. The van der Waals surface area contributed by atoms with Crippen molar-refractivity contribution < 1.29 is 42.3 Å². The van der Waals surface area contributed by atoms with E-state index in [9.17, 15) is 14.9 Å². The summed E-state index contributed by atoms with van der Waals surface area (Å²) in [6.07, 6.45) is -1.23. The molecule has 3 heterocycles. The Labute approximate surface area is 385 Å². The fourth-order valence-corrected chi connectivity index (χ4v) is 9.86. The molecule has 17 heteroatoms. The second-order valence-electron chi connectivity index (χ2n) is 15.9. The van der Waals surface area contributed by atoms with Crippen LogP contribution in [0.3, 0.4) is 0 Å². The van der Waals surface area contributed by atoms with Crippen LogP contribution in [-0.4, -0.2) is 93.9 Å². The molecule has 2 aromatic heterocycles. The molecule has 0 saturated carbocycles. The SMILES string of the molecule is COc1ccc(C(OC[C@@H]2O[C@@H](n3cnc4c(NC(=O)c5ccccc5)ncnc43)[C@H](OC(C)=O)[C@H]2OP(OCCC#N)N(C(C)C)C(C)C)(c2ccccc2)c2ccc(OC)cc2)cc1. The molecule has 1 aliphatic rings. The number of nitrogens with zero attached hydrogens (tertiary/aromatic N) is 6. The van der Waals surface area contributed by atoms with Crippen molar-refractivity contribution in [1.82, 2.24) is 24.2 Å². The second kappa shape index (κ2) is 21.8. The molecular formula is C49H54N7O9P. The number of nitrogens with one attached hydrogen (secondary N) is 1. The number of hydrogen-bond acceptors (Lipinski definition) is 14. The van der Waals surface area contributed by atoms with Crippen molar-refractivity contribution in [2.45, 2.75) is 83.3 Å². The third-order valence-electron chi connectivity index (χ3n) is 11.0. The normalized spacial score (nSPS) is 17.8. The first-order valence-corrected chi connectivity index (χ1v) is 22.7. The van der Waals surface area contributed by atoms with Crippen molar-refractivity contribution in [1.29, 1.82) is 5.26 Å². The van der Waals surface area contributed by atoms with Crippen LogP contribution in [0.1, 0.15) is 74.3 Å². The first-order valence-electron chi connectivity index (χ1n) is 21.6. The maximum atomic E-state index is 13.3. The van der Waals surface area contributed by atoms with Gasteiger partial charge in [-0.2, -0.15) is 5.26 Å². The first kappa shape index (κ1) is 47.6. The molecule has 1 aliphatic heterocycles. The summed E-state index contributed by atoms with van der Waals surface area (Å²) >= 11 is 0. The first-order chi connectivity index (χ1) is 32.0. The summed E-state index contributed by atoms with van der Waals surface area (Å²) in [5, 5.41) is 12.4. The van der Waals surface area contributed by atoms with E-state index < -0.39 is 44.6 Å². The molecule has 1 fully saturated rings. The molecule has 7 rings (SSSR count). The van der Waals surface area contributed by atoms with Crippen molar-refractivity contribution in [2.24, 2.45) is 0 Å². The number of fused-ring (bicyclic) bond motifs is 1. The quantitative estimate of drug-likeness (QED) is 0.0333. The van der Waals surface area contributed by atoms with Gasteiger partial charge in [-0.1, -0.05) is 72.8 Å². The van der Waals surface area contributed by atoms with Gasteiger partial charge in [0.25, 0.3) is 14.4 Å². The lowest BCUT2D eigenvalue weighted by atomic mass is 9.80. The average molecular weight is 916 g/mol. The second-order valence-corrected chi connectivity index (χ2v) is 17.3. The largest absolute Gasteiger partial charge is 0.497 e. The number of hydrogen-bond donors (Lipinski definition) is 1. The monoisotopic (exact) mass is 915 g/mol. The topological polar surface area (TPSA) is 181 Å². The number of carbonyl (C=O) groups excluding carboxylic acids is 2. The summed E-state index contributed by atoms with van der Waals surface area (Å²) in [5.41, 5.74) is 2.15. The highest BCUT2D eigenvalue weighted by atomic mass is 31.2. The van der Waals surface area contributed by atoms with Gasteiger partial charge in [0, 0.05) is 24.6 Å². The summed E-state index contributed by atoms with van der Waals surface area (Å²) in [6.45, 7) is 9.44. The van der Waals surface area contributed by atoms with Gasteiger partial charge in [-0.05, 0) is 80.8 Å². The smallest absolute Gasteiger partial charge is 0.303 e. The number of aromatic nitrogens is 4. The Bertz CT molecular complexity index is 2520. The Hall–Kier alpha value is -6.31. The Morgan fingerprint density at radius 1 is 0.833 bits per heavy atom. The minimum atomic E-state index is -1.90. The van der Waals surface area contributed by atoms with Crippen LogP contribution in [0.5, 0.6) is 11.5 Å². The standard InChI is InChI=1S/C49H54N7O9P/c1-32(2)56(33(3)4)66(62-28-14-27-50)65-43-41(29-61-49(36-17-12-9-13-18-36,37-19-23-39(59-6)24-20-37)38-21-25-40(60-7)26-22-38)64-48(44(43)63-34(5)57)55-31-53-42-45(51-30-52-46(42)55)54-47(58)35-15-10-8-11-16-35/h8-13,15-26,30-33,41,43-44,48H,14,28-29H2,1-7H3,(H,51,52,54,58)/t41-,43-,44+,48+,66?/m0/s1. The summed E-state index contributed by atoms with van der Waals surface area (Å²) in [4.78, 5) is 40.1. The van der Waals surface area contributed by atoms with Gasteiger partial charge >= 0.3 is 5.97 Å². The van der Waals surface area contributed by atoms with E-state index in [2.05, 4.69) is 31.0 Å². The minimum Gasteiger partial charge on any atom is -0.497 e. The molecule has 6 aromatic rings. The highest BCUT2D eigenvalue weighted by Gasteiger charge is 2.53. The van der Waals surface area contributed by atoms with E-state index in [4.69, 9.17) is 32.7 Å². The Kier molecular flexibility index (Phi) is 15.7. The minimum absolute atomic E-state index is 0.0483. The van der Waals surface area contributed by atoms with Gasteiger partial charge in [-0.3, -0.25) is 14.2 Å². The van der Waals surface area contributed by atoms with Gasteiger partial charge in [0.15, 0.2) is 29.3 Å². The predicted octanol–water partition coefficient (Wildman–Crippen LogP) is 8.59. The lowest BCUT2D eigenvalue weighted by molar-refractivity contribution is -0.155. The molecule has 5 atom stereocenters. The van der Waals surface area contributed by atoms with Gasteiger partial charge in [0.05, 0.1) is 46.3 Å². The van der Waals surface area contributed by atoms with E-state index in [0.717, 1.165) is 16.7 Å². The molecule has 0 spiro atoms. The van der Waals surface area contributed by atoms with Crippen LogP contribution in [0.25, 0.3) is 11.2 Å². The van der Waals surface area contributed by atoms with Crippen LogP contribution in [0, 0.1) is 11.3 Å². The summed E-state index contributed by atoms with van der Waals surface area (Å²) in [5.74, 6) is 0.532. The molecular weight excluding hydrogens is 862 g/mol. The third-order valence-corrected chi connectivity index (χ3v) is 13.1. The average Bonchev–Trinajstić information content (AvgIpc) is 3.91. The van der Waals surface area contributed by atoms with Gasteiger partial charge in [-0.15, -0.1) is 0 Å². The van der Waals surface area contributed by atoms with Crippen LogP contribution < -0.4 is 14.8 Å². The number of benzene rings is 4. The van der Waals surface area contributed by atoms with Gasteiger partial charge in [0.1, 0.15) is 35.6 Å². The van der Waals surface area contributed by atoms with E-state index in [0.29, 0.717) is 22.7 Å². The molecule has 1 amide bonds. The maximum Gasteiger partial charge on any atom is 0.303 e. The zero-order valence-corrected chi connectivity index (χ0v) is 38.8. The van der Waals surface area contributed by atoms with Gasteiger partial charge < -0.3 is 38.0 Å². The molecule has 16 nitrogen and oxygen atoms in total. The van der Waals surface area contributed by atoms with Crippen molar-refractivity contribution in [3.8, 4) is 17.6 Å². The van der Waals surface area contributed by atoms with Gasteiger partial charge in [0.2, 0.25) is 0 Å². The molecule has 4 aromatic carbocycles. The molecule has 0 bridgehead atoms. The van der Waals surface area contributed by atoms with Crippen molar-refractivity contribution in [3.63, 3.8) is 0 Å². The van der Waals surface area contributed by atoms with Crippen molar-refractivity contribution in [3.05, 3.63) is 144 Å². The fraction of sp³-hybridized carbons (Fsp3) is 0.347. The number of anilines is 1. The number of esters is 1. The fourth-order valence-electron chi connectivity index (χ4n) is 8.09. The van der Waals surface area contributed by atoms with Crippen LogP contribution in [0.2, 0.25) is 0 Å². The number of imidazole rings is 1. The summed E-state index contributed by atoms with van der Waals surface area (Å²) in [7, 11) is 1.32. The van der Waals surface area contributed by atoms with E-state index in [1.165, 1.54) is 19.6 Å². The highest BCUT2D eigenvalue weighted by Crippen LogP contribution is 2.51. The van der Waals surface area contributed by atoms with Crippen LogP contribution in [0.4, 0.5) is 5.82 Å². The third kappa shape index (κ3) is 10.4. The molecule has 1 unspecified atom stereocenters. The zero-order chi connectivity index (χ0) is 46.8. The Balaban J connectivity index is 1.36. The number of carbonyl (C=O) groups is 2. The van der Waals surface area contributed by atoms with Crippen molar-refractivity contribution in [2.75, 3.05) is 32.8 Å². The summed E-state index contributed by atoms with van der Waals surface area (Å²) < 4.78 is 49.0. The molecule has 0 aliphatic carbocycles.